The molecule has 1 aliphatic rings. The molecule has 0 saturated heterocycles. The van der Waals surface area contributed by atoms with E-state index in [4.69, 9.17) is 14.2 Å². The van der Waals surface area contributed by atoms with Gasteiger partial charge in [0.25, 0.3) is 11.8 Å². The highest BCUT2D eigenvalue weighted by molar-refractivity contribution is 6.04. The van der Waals surface area contributed by atoms with E-state index in [1.807, 2.05) is 20.8 Å². The zero-order valence-corrected chi connectivity index (χ0v) is 15.5. The minimum atomic E-state index is -0.378. The lowest BCUT2D eigenvalue weighted by molar-refractivity contribution is -0.118. The Bertz CT molecular complexity index is 858. The van der Waals surface area contributed by atoms with Crippen molar-refractivity contribution in [3.63, 3.8) is 0 Å². The lowest BCUT2D eigenvalue weighted by atomic mass is 10.1. The molecule has 3 rings (SSSR count). The van der Waals surface area contributed by atoms with E-state index in [1.54, 1.807) is 42.5 Å². The van der Waals surface area contributed by atoms with Gasteiger partial charge in [-0.25, -0.2) is 0 Å². The maximum absolute atomic E-state index is 12.4. The van der Waals surface area contributed by atoms with Crippen molar-refractivity contribution in [1.82, 2.24) is 5.32 Å². The number of para-hydroxylation sites is 1. The fourth-order valence-corrected chi connectivity index (χ4v) is 2.50. The molecule has 2 amide bonds. The van der Waals surface area contributed by atoms with Gasteiger partial charge in [-0.15, -0.1) is 0 Å². The van der Waals surface area contributed by atoms with Crippen molar-refractivity contribution in [3.8, 4) is 17.2 Å². The van der Waals surface area contributed by atoms with Crippen molar-refractivity contribution in [2.45, 2.75) is 26.3 Å². The first-order valence-corrected chi connectivity index (χ1v) is 8.56. The van der Waals surface area contributed by atoms with E-state index < -0.39 is 0 Å². The quantitative estimate of drug-likeness (QED) is 0.845. The van der Waals surface area contributed by atoms with Crippen molar-refractivity contribution in [2.24, 2.45) is 0 Å². The summed E-state index contributed by atoms with van der Waals surface area (Å²) in [6, 6.07) is 11.9. The van der Waals surface area contributed by atoms with Crippen LogP contribution in [0.1, 0.15) is 31.1 Å². The number of anilines is 1. The first-order valence-electron chi connectivity index (χ1n) is 8.56. The number of rotatable bonds is 5. The average molecular weight is 370 g/mol. The number of fused-ring (bicyclic) bond motifs is 1. The number of amides is 2. The van der Waals surface area contributed by atoms with Crippen LogP contribution in [-0.4, -0.2) is 30.8 Å². The van der Waals surface area contributed by atoms with Crippen LogP contribution in [0.15, 0.2) is 42.5 Å². The molecule has 0 saturated carbocycles. The Morgan fingerprint density at radius 2 is 1.81 bits per heavy atom. The van der Waals surface area contributed by atoms with Crippen LogP contribution < -0.4 is 24.8 Å². The average Bonchev–Trinajstić information content (AvgIpc) is 3.06. The number of carbonyl (C=O) groups excluding carboxylic acids is 2. The van der Waals surface area contributed by atoms with Gasteiger partial charge in [0.05, 0.1) is 11.3 Å². The standard InChI is InChI=1S/C20H22N2O5/c1-20(2,3)22-19(24)14-6-4-5-7-15(14)21-18(23)11-25-13-8-9-16-17(10-13)27-12-26-16/h4-10H,11-12H2,1-3H3,(H,21,23)(H,22,24). The van der Waals surface area contributed by atoms with Gasteiger partial charge in [0.15, 0.2) is 18.1 Å². The smallest absolute Gasteiger partial charge is 0.262 e. The summed E-state index contributed by atoms with van der Waals surface area (Å²) >= 11 is 0. The van der Waals surface area contributed by atoms with Crippen LogP contribution in [0.3, 0.4) is 0 Å². The third kappa shape index (κ3) is 4.91. The molecule has 1 aliphatic heterocycles. The molecule has 142 valence electrons. The minimum absolute atomic E-state index is 0.173. The first-order chi connectivity index (χ1) is 12.8. The Hall–Kier alpha value is -3.22. The molecule has 0 atom stereocenters. The second kappa shape index (κ2) is 7.57. The molecule has 2 N–H and O–H groups in total. The van der Waals surface area contributed by atoms with Crippen LogP contribution in [0.25, 0.3) is 0 Å². The van der Waals surface area contributed by atoms with E-state index in [0.717, 1.165) is 0 Å². The predicted octanol–water partition coefficient (Wildman–Crippen LogP) is 2.96. The molecule has 0 aromatic heterocycles. The summed E-state index contributed by atoms with van der Waals surface area (Å²) in [6.45, 7) is 5.66. The Balaban J connectivity index is 1.62. The summed E-state index contributed by atoms with van der Waals surface area (Å²) in [6.07, 6.45) is 0. The molecule has 7 heteroatoms. The molecular formula is C20H22N2O5. The highest BCUT2D eigenvalue weighted by atomic mass is 16.7. The van der Waals surface area contributed by atoms with Crippen molar-refractivity contribution < 1.29 is 23.8 Å². The molecule has 1 heterocycles. The molecule has 0 spiro atoms. The number of hydrogen-bond donors (Lipinski definition) is 2. The van der Waals surface area contributed by atoms with E-state index in [9.17, 15) is 9.59 Å². The topological polar surface area (TPSA) is 85.9 Å². The first kappa shape index (κ1) is 18.6. The predicted molar refractivity (Wildman–Crippen MR) is 100 cm³/mol. The lowest BCUT2D eigenvalue weighted by Crippen LogP contribution is -2.41. The molecular weight excluding hydrogens is 348 g/mol. The summed E-state index contributed by atoms with van der Waals surface area (Å²) in [5, 5.41) is 5.60. The Morgan fingerprint density at radius 1 is 1.07 bits per heavy atom. The van der Waals surface area contributed by atoms with Crippen LogP contribution in [0.5, 0.6) is 17.2 Å². The largest absolute Gasteiger partial charge is 0.484 e. The van der Waals surface area contributed by atoms with E-state index >= 15 is 0 Å². The highest BCUT2D eigenvalue weighted by Crippen LogP contribution is 2.35. The van der Waals surface area contributed by atoms with Gasteiger partial charge in [0.2, 0.25) is 6.79 Å². The minimum Gasteiger partial charge on any atom is -0.484 e. The van der Waals surface area contributed by atoms with Crippen molar-refractivity contribution in [1.29, 1.82) is 0 Å². The molecule has 2 aromatic carbocycles. The summed E-state index contributed by atoms with van der Waals surface area (Å²) in [7, 11) is 0. The van der Waals surface area contributed by atoms with Crippen molar-refractivity contribution in [3.05, 3.63) is 48.0 Å². The van der Waals surface area contributed by atoms with Gasteiger partial charge < -0.3 is 24.8 Å². The summed E-state index contributed by atoms with van der Waals surface area (Å²) in [5.74, 6) is 1.09. The second-order valence-corrected chi connectivity index (χ2v) is 7.10. The number of hydrogen-bond acceptors (Lipinski definition) is 5. The fourth-order valence-electron chi connectivity index (χ4n) is 2.50. The van der Waals surface area contributed by atoms with Crippen LogP contribution in [-0.2, 0) is 4.79 Å². The van der Waals surface area contributed by atoms with Gasteiger partial charge >= 0.3 is 0 Å². The molecule has 0 aliphatic carbocycles. The highest BCUT2D eigenvalue weighted by Gasteiger charge is 2.19. The Labute approximate surface area is 157 Å². The van der Waals surface area contributed by atoms with Gasteiger partial charge in [-0.1, -0.05) is 12.1 Å². The van der Waals surface area contributed by atoms with Gasteiger partial charge in [0, 0.05) is 11.6 Å². The fraction of sp³-hybridized carbons (Fsp3) is 0.300. The Morgan fingerprint density at radius 3 is 2.59 bits per heavy atom. The van der Waals surface area contributed by atoms with Gasteiger partial charge in [-0.3, -0.25) is 9.59 Å². The number of carbonyl (C=O) groups is 2. The zero-order chi connectivity index (χ0) is 19.4. The normalized spacial score (nSPS) is 12.4. The maximum Gasteiger partial charge on any atom is 0.262 e. The zero-order valence-electron chi connectivity index (χ0n) is 15.5. The van der Waals surface area contributed by atoms with Gasteiger partial charge in [0.1, 0.15) is 5.75 Å². The van der Waals surface area contributed by atoms with E-state index in [0.29, 0.717) is 28.5 Å². The van der Waals surface area contributed by atoms with E-state index in [1.165, 1.54) is 0 Å². The lowest BCUT2D eigenvalue weighted by Gasteiger charge is -2.21. The summed E-state index contributed by atoms with van der Waals surface area (Å²) in [4.78, 5) is 24.7. The van der Waals surface area contributed by atoms with Crippen molar-refractivity contribution in [2.75, 3.05) is 18.7 Å². The summed E-state index contributed by atoms with van der Waals surface area (Å²) in [5.41, 5.74) is 0.443. The Kier molecular flexibility index (Phi) is 5.21. The van der Waals surface area contributed by atoms with E-state index in [-0.39, 0.29) is 30.8 Å². The van der Waals surface area contributed by atoms with Gasteiger partial charge in [-0.2, -0.15) is 0 Å². The molecule has 0 fully saturated rings. The number of ether oxygens (including phenoxy) is 3. The van der Waals surface area contributed by atoms with Crippen LogP contribution in [0.2, 0.25) is 0 Å². The SMILES string of the molecule is CC(C)(C)NC(=O)c1ccccc1NC(=O)COc1ccc2c(c1)OCO2. The van der Waals surface area contributed by atoms with Crippen molar-refractivity contribution >= 4 is 17.5 Å². The molecule has 7 nitrogen and oxygen atoms in total. The molecule has 0 unspecified atom stereocenters. The van der Waals surface area contributed by atoms with E-state index in [2.05, 4.69) is 10.6 Å². The number of nitrogens with one attached hydrogen (secondary N) is 2. The third-order valence-electron chi connectivity index (χ3n) is 3.65. The molecule has 2 aromatic rings. The molecule has 0 radical (unpaired) electrons. The monoisotopic (exact) mass is 370 g/mol. The third-order valence-corrected chi connectivity index (χ3v) is 3.65. The molecule has 0 bridgehead atoms. The molecule has 27 heavy (non-hydrogen) atoms. The number of benzene rings is 2. The summed E-state index contributed by atoms with van der Waals surface area (Å²) < 4.78 is 16.0. The van der Waals surface area contributed by atoms with Crippen LogP contribution in [0.4, 0.5) is 5.69 Å². The second-order valence-electron chi connectivity index (χ2n) is 7.10. The van der Waals surface area contributed by atoms with Gasteiger partial charge in [-0.05, 0) is 45.0 Å². The van der Waals surface area contributed by atoms with Crippen LogP contribution >= 0.6 is 0 Å². The maximum atomic E-state index is 12.4. The van der Waals surface area contributed by atoms with Crippen LogP contribution in [0, 0.1) is 0 Å².